The lowest BCUT2D eigenvalue weighted by molar-refractivity contribution is -0.164. The van der Waals surface area contributed by atoms with Crippen molar-refractivity contribution in [2.45, 2.75) is 58.7 Å². The van der Waals surface area contributed by atoms with Crippen LogP contribution in [-0.2, 0) is 9.59 Å². The van der Waals surface area contributed by atoms with Crippen molar-refractivity contribution in [3.63, 3.8) is 0 Å². The van der Waals surface area contributed by atoms with Gasteiger partial charge in [-0.05, 0) is 61.0 Å². The molecule has 0 aromatic heterocycles. The Balaban J connectivity index is 0.780. The minimum absolute atomic E-state index is 0.0690. The summed E-state index contributed by atoms with van der Waals surface area (Å²) in [6, 6.07) is 18.5. The molecule has 3 saturated heterocycles. The van der Waals surface area contributed by atoms with Crippen molar-refractivity contribution in [3.8, 4) is 17.6 Å². The maximum absolute atomic E-state index is 13.4. The summed E-state index contributed by atoms with van der Waals surface area (Å²) in [5.41, 5.74) is 1.99. The number of rotatable bonds is 10. The van der Waals surface area contributed by atoms with E-state index in [0.29, 0.717) is 40.8 Å². The molecule has 2 N–H and O–H groups in total. The second-order valence-electron chi connectivity index (χ2n) is 16.9. The fraction of sp³-hybridized carbons (Fsp3) is 0.429. The summed E-state index contributed by atoms with van der Waals surface area (Å²) >= 11 is 6.24. The van der Waals surface area contributed by atoms with Gasteiger partial charge in [-0.1, -0.05) is 39.3 Å². The molecule has 4 fully saturated rings. The number of benzene rings is 3. The summed E-state index contributed by atoms with van der Waals surface area (Å²) in [4.78, 5) is 69.0. The van der Waals surface area contributed by atoms with Crippen LogP contribution in [0.4, 0.5) is 5.69 Å². The topological polar surface area (TPSA) is 161 Å². The predicted octanol–water partition coefficient (Wildman–Crippen LogP) is 4.43. The van der Waals surface area contributed by atoms with E-state index in [1.807, 2.05) is 24.3 Å². The van der Waals surface area contributed by atoms with Crippen molar-refractivity contribution < 1.29 is 33.4 Å². The standard InChI is InChI=1S/C42H43ClN6O7/c1-40(2)38(41(3,4)39(40)56-28-10-7-25(19-44)31(43)18-28)46-34(51)24-5-8-26(9-6-24)48-22-42(23-48)20-47(21-42)15-16-55-27-11-12-29-30(17-27)37(54)49(36(29)53)32-13-14-33(50)45-35(32)52/h5-12,17-18,32,38-39H,13-16,20-23H2,1-4H3,(H,46,51)(H,45,50,52). The van der Waals surface area contributed by atoms with E-state index in [1.165, 1.54) is 0 Å². The highest BCUT2D eigenvalue weighted by Gasteiger charge is 2.64. The Morgan fingerprint density at radius 2 is 1.59 bits per heavy atom. The number of amides is 5. The third kappa shape index (κ3) is 6.34. The molecule has 5 amide bonds. The Kier molecular flexibility index (Phi) is 9.12. The summed E-state index contributed by atoms with van der Waals surface area (Å²) in [7, 11) is 0. The van der Waals surface area contributed by atoms with Crippen LogP contribution in [0.1, 0.15) is 77.2 Å². The molecule has 1 unspecified atom stereocenters. The minimum atomic E-state index is -1.01. The van der Waals surface area contributed by atoms with Gasteiger partial charge >= 0.3 is 0 Å². The molecule has 3 aromatic carbocycles. The normalized spacial score (nSPS) is 24.3. The number of hydrogen-bond acceptors (Lipinski definition) is 10. The average Bonchev–Trinajstić information content (AvgIpc) is 3.37. The Morgan fingerprint density at radius 3 is 2.25 bits per heavy atom. The van der Waals surface area contributed by atoms with E-state index in [9.17, 15) is 29.2 Å². The van der Waals surface area contributed by atoms with E-state index in [4.69, 9.17) is 21.1 Å². The lowest BCUT2D eigenvalue weighted by atomic mass is 9.49. The second-order valence-corrected chi connectivity index (χ2v) is 17.3. The Hall–Kier alpha value is -5.45. The highest BCUT2D eigenvalue weighted by molar-refractivity contribution is 6.31. The zero-order valence-corrected chi connectivity index (χ0v) is 32.4. The van der Waals surface area contributed by atoms with E-state index in [2.05, 4.69) is 54.2 Å². The van der Waals surface area contributed by atoms with Crippen LogP contribution in [0.15, 0.2) is 60.7 Å². The van der Waals surface area contributed by atoms with Crippen LogP contribution in [0.3, 0.4) is 0 Å². The smallest absolute Gasteiger partial charge is 0.262 e. The number of imide groups is 2. The summed E-state index contributed by atoms with van der Waals surface area (Å²) in [6.07, 6.45) is -0.0113. The zero-order valence-electron chi connectivity index (χ0n) is 31.7. The second kappa shape index (κ2) is 13.6. The van der Waals surface area contributed by atoms with Crippen molar-refractivity contribution >= 4 is 46.8 Å². The van der Waals surface area contributed by atoms with E-state index >= 15 is 0 Å². The van der Waals surface area contributed by atoms with Gasteiger partial charge in [0.2, 0.25) is 11.8 Å². The number of nitrogens with zero attached hydrogens (tertiary/aromatic N) is 4. The van der Waals surface area contributed by atoms with Gasteiger partial charge in [-0.2, -0.15) is 5.26 Å². The van der Waals surface area contributed by atoms with Gasteiger partial charge in [-0.15, -0.1) is 0 Å². The fourth-order valence-corrected chi connectivity index (χ4v) is 9.89. The van der Waals surface area contributed by atoms with E-state index in [0.717, 1.165) is 36.8 Å². The van der Waals surface area contributed by atoms with Gasteiger partial charge in [-0.3, -0.25) is 39.1 Å². The van der Waals surface area contributed by atoms with E-state index in [1.54, 1.807) is 36.4 Å². The third-order valence-electron chi connectivity index (χ3n) is 12.2. The highest BCUT2D eigenvalue weighted by Crippen LogP contribution is 2.55. The van der Waals surface area contributed by atoms with Crippen LogP contribution in [0.5, 0.6) is 11.5 Å². The van der Waals surface area contributed by atoms with E-state index in [-0.39, 0.29) is 58.3 Å². The van der Waals surface area contributed by atoms with Crippen LogP contribution >= 0.6 is 11.6 Å². The molecule has 56 heavy (non-hydrogen) atoms. The average molecular weight is 779 g/mol. The monoisotopic (exact) mass is 778 g/mol. The van der Waals surface area contributed by atoms with Crippen molar-refractivity contribution in [1.29, 1.82) is 5.26 Å². The van der Waals surface area contributed by atoms with Gasteiger partial charge in [0.1, 0.15) is 36.3 Å². The number of anilines is 1. The van der Waals surface area contributed by atoms with Crippen molar-refractivity contribution in [3.05, 3.63) is 87.9 Å². The number of likely N-dealkylation sites (tertiary alicyclic amines) is 1. The summed E-state index contributed by atoms with van der Waals surface area (Å²) in [5, 5.41) is 15.0. The van der Waals surface area contributed by atoms with Crippen LogP contribution < -0.4 is 25.0 Å². The number of carbonyl (C=O) groups excluding carboxylic acids is 5. The van der Waals surface area contributed by atoms with Gasteiger partial charge in [0, 0.05) is 78.7 Å². The van der Waals surface area contributed by atoms with Crippen molar-refractivity contribution in [2.75, 3.05) is 44.2 Å². The van der Waals surface area contributed by atoms with E-state index < -0.39 is 29.7 Å². The molecular formula is C42H43ClN6O7. The molecule has 0 radical (unpaired) electrons. The number of nitrogens with one attached hydrogen (secondary N) is 2. The molecule has 1 atom stereocenters. The molecule has 13 nitrogen and oxygen atoms in total. The number of nitriles is 1. The number of hydrogen-bond donors (Lipinski definition) is 2. The van der Waals surface area contributed by atoms with Gasteiger partial charge < -0.3 is 19.7 Å². The van der Waals surface area contributed by atoms with Crippen LogP contribution in [0.2, 0.25) is 5.02 Å². The number of piperidine rings is 1. The zero-order chi connectivity index (χ0) is 39.7. The van der Waals surface area contributed by atoms with Crippen molar-refractivity contribution in [2.24, 2.45) is 16.2 Å². The number of ether oxygens (including phenoxy) is 2. The maximum atomic E-state index is 13.4. The van der Waals surface area contributed by atoms with Crippen LogP contribution in [0.25, 0.3) is 0 Å². The molecule has 4 aliphatic heterocycles. The third-order valence-corrected chi connectivity index (χ3v) is 12.5. The summed E-state index contributed by atoms with van der Waals surface area (Å²) in [5.74, 6) is -1.22. The lowest BCUT2D eigenvalue weighted by Crippen LogP contribution is -2.74. The summed E-state index contributed by atoms with van der Waals surface area (Å²) in [6.45, 7) is 13.2. The van der Waals surface area contributed by atoms with Gasteiger partial charge in [0.15, 0.2) is 0 Å². The molecule has 290 valence electrons. The number of carbonyl (C=O) groups is 5. The molecule has 14 heteroatoms. The Bertz CT molecular complexity index is 2180. The first kappa shape index (κ1) is 37.5. The Labute approximate surface area is 329 Å². The molecular weight excluding hydrogens is 736 g/mol. The highest BCUT2D eigenvalue weighted by atomic mass is 35.5. The van der Waals surface area contributed by atoms with Crippen LogP contribution in [-0.4, -0.2) is 96.9 Å². The fourth-order valence-electron chi connectivity index (χ4n) is 9.67. The van der Waals surface area contributed by atoms with Crippen molar-refractivity contribution in [1.82, 2.24) is 20.4 Å². The molecule has 8 rings (SSSR count). The lowest BCUT2D eigenvalue weighted by Gasteiger charge is -2.63. The minimum Gasteiger partial charge on any atom is -0.492 e. The predicted molar refractivity (Wildman–Crippen MR) is 206 cm³/mol. The first-order valence-corrected chi connectivity index (χ1v) is 19.2. The largest absolute Gasteiger partial charge is 0.492 e. The molecule has 4 heterocycles. The van der Waals surface area contributed by atoms with Gasteiger partial charge in [0.05, 0.1) is 21.7 Å². The molecule has 1 aliphatic carbocycles. The number of fused-ring (bicyclic) bond motifs is 1. The van der Waals surface area contributed by atoms with Gasteiger partial charge in [-0.25, -0.2) is 0 Å². The maximum Gasteiger partial charge on any atom is 0.262 e. The first-order valence-electron chi connectivity index (χ1n) is 18.8. The molecule has 1 spiro atoms. The Morgan fingerprint density at radius 1 is 0.911 bits per heavy atom. The van der Waals surface area contributed by atoms with Crippen LogP contribution in [0, 0.1) is 27.6 Å². The molecule has 5 aliphatic rings. The van der Waals surface area contributed by atoms with Gasteiger partial charge in [0.25, 0.3) is 17.7 Å². The quantitative estimate of drug-likeness (QED) is 0.282. The SMILES string of the molecule is CC1(C)C(NC(=O)c2ccc(N3CC4(CN(CCOc5ccc6c(c5)C(=O)N(C5CCC(=O)NC5=O)C6=O)C4)C3)cc2)C(C)(C)C1Oc1ccc(C#N)c(Cl)c1. The molecule has 0 bridgehead atoms. The summed E-state index contributed by atoms with van der Waals surface area (Å²) < 4.78 is 12.3. The first-order chi connectivity index (χ1) is 26.6. The molecule has 1 saturated carbocycles. The number of halogens is 1. The molecule has 3 aromatic rings.